The van der Waals surface area contributed by atoms with Crippen LogP contribution in [0, 0.1) is 21.4 Å². The van der Waals surface area contributed by atoms with Gasteiger partial charge in [-0.05, 0) is 36.9 Å². The molecule has 1 aromatic carbocycles. The number of nitrogens with zero attached hydrogens (tertiary/aromatic N) is 5. The lowest BCUT2D eigenvalue weighted by atomic mass is 10.2. The number of hydrogen-bond acceptors (Lipinski definition) is 7. The highest BCUT2D eigenvalue weighted by molar-refractivity contribution is 7.99. The summed E-state index contributed by atoms with van der Waals surface area (Å²) in [6.45, 7) is 2.56. The molecule has 0 aliphatic carbocycles. The standard InChI is InChI=1S/C15H11N5O3S/c1-2-19-14(12-4-3-7-23-12)17-18-15(19)24-13-6-5-11(20(21)22)8-10(13)9-16/h3-8H,2H2,1H3. The summed E-state index contributed by atoms with van der Waals surface area (Å²) in [5.74, 6) is 1.19. The van der Waals surface area contributed by atoms with Crippen molar-refractivity contribution in [2.24, 2.45) is 0 Å². The third-order valence-electron chi connectivity index (χ3n) is 3.27. The molecule has 3 aromatic rings. The van der Waals surface area contributed by atoms with Crippen LogP contribution < -0.4 is 0 Å². The van der Waals surface area contributed by atoms with E-state index in [1.165, 1.54) is 23.9 Å². The molecule has 24 heavy (non-hydrogen) atoms. The van der Waals surface area contributed by atoms with Gasteiger partial charge >= 0.3 is 0 Å². The molecule has 0 N–H and O–H groups in total. The third-order valence-corrected chi connectivity index (χ3v) is 4.33. The van der Waals surface area contributed by atoms with E-state index in [1.807, 2.05) is 17.6 Å². The van der Waals surface area contributed by atoms with E-state index in [2.05, 4.69) is 10.2 Å². The minimum Gasteiger partial charge on any atom is -0.461 e. The quantitative estimate of drug-likeness (QED) is 0.516. The molecule has 0 saturated heterocycles. The molecule has 0 spiro atoms. The smallest absolute Gasteiger partial charge is 0.270 e. The minimum absolute atomic E-state index is 0.121. The number of aromatic nitrogens is 3. The second kappa shape index (κ2) is 6.55. The Bertz CT molecular complexity index is 927. The summed E-state index contributed by atoms with van der Waals surface area (Å²) in [6, 6.07) is 9.70. The van der Waals surface area contributed by atoms with Crippen molar-refractivity contribution in [1.82, 2.24) is 14.8 Å². The molecule has 0 aliphatic rings. The first-order valence-electron chi connectivity index (χ1n) is 6.97. The normalized spacial score (nSPS) is 10.5. The predicted molar refractivity (Wildman–Crippen MR) is 85.3 cm³/mol. The van der Waals surface area contributed by atoms with Crippen LogP contribution in [0.5, 0.6) is 0 Å². The van der Waals surface area contributed by atoms with Crippen molar-refractivity contribution in [3.63, 3.8) is 0 Å². The molecule has 9 heteroatoms. The van der Waals surface area contributed by atoms with Crippen molar-refractivity contribution < 1.29 is 9.34 Å². The zero-order valence-electron chi connectivity index (χ0n) is 12.5. The molecule has 0 fully saturated rings. The molecule has 2 aromatic heterocycles. The third kappa shape index (κ3) is 2.87. The fourth-order valence-corrected chi connectivity index (χ4v) is 3.10. The van der Waals surface area contributed by atoms with E-state index in [9.17, 15) is 15.4 Å². The Hall–Kier alpha value is -3.12. The molecule has 0 radical (unpaired) electrons. The molecule has 0 unspecified atom stereocenters. The van der Waals surface area contributed by atoms with Gasteiger partial charge in [-0.1, -0.05) is 0 Å². The number of non-ortho nitro benzene ring substituents is 1. The predicted octanol–water partition coefficient (Wildman–Crippen LogP) is 3.49. The van der Waals surface area contributed by atoms with Crippen LogP contribution in [0.1, 0.15) is 12.5 Å². The number of nitro groups is 1. The molecule has 8 nitrogen and oxygen atoms in total. The highest BCUT2D eigenvalue weighted by Crippen LogP contribution is 2.33. The number of nitriles is 1. The molecule has 0 amide bonds. The zero-order valence-corrected chi connectivity index (χ0v) is 13.4. The van der Waals surface area contributed by atoms with E-state index in [0.29, 0.717) is 28.2 Å². The molecule has 0 atom stereocenters. The minimum atomic E-state index is -0.529. The first-order valence-corrected chi connectivity index (χ1v) is 7.79. The summed E-state index contributed by atoms with van der Waals surface area (Å²) in [4.78, 5) is 10.9. The molecule has 0 aliphatic heterocycles. The monoisotopic (exact) mass is 341 g/mol. The summed E-state index contributed by atoms with van der Waals surface area (Å²) >= 11 is 1.23. The number of nitro benzene ring substituents is 1. The average molecular weight is 341 g/mol. The van der Waals surface area contributed by atoms with Crippen LogP contribution in [-0.4, -0.2) is 19.7 Å². The Labute approximate surface area is 140 Å². The largest absolute Gasteiger partial charge is 0.461 e. The molecular weight excluding hydrogens is 330 g/mol. The van der Waals surface area contributed by atoms with Crippen molar-refractivity contribution >= 4 is 17.4 Å². The number of benzene rings is 1. The van der Waals surface area contributed by atoms with Gasteiger partial charge in [0, 0.05) is 23.6 Å². The summed E-state index contributed by atoms with van der Waals surface area (Å²) in [6.07, 6.45) is 1.56. The number of hydrogen-bond donors (Lipinski definition) is 0. The van der Waals surface area contributed by atoms with Crippen molar-refractivity contribution in [2.75, 3.05) is 0 Å². The van der Waals surface area contributed by atoms with Crippen LogP contribution in [0.3, 0.4) is 0 Å². The van der Waals surface area contributed by atoms with Crippen LogP contribution >= 0.6 is 11.8 Å². The molecule has 2 heterocycles. The van der Waals surface area contributed by atoms with Crippen LogP contribution in [0.15, 0.2) is 51.1 Å². The van der Waals surface area contributed by atoms with E-state index in [-0.39, 0.29) is 11.3 Å². The van der Waals surface area contributed by atoms with E-state index in [1.54, 1.807) is 24.5 Å². The Morgan fingerprint density at radius 2 is 2.25 bits per heavy atom. The molecule has 3 rings (SSSR count). The van der Waals surface area contributed by atoms with Crippen LogP contribution in [-0.2, 0) is 6.54 Å². The lowest BCUT2D eigenvalue weighted by Gasteiger charge is -2.06. The Morgan fingerprint density at radius 3 is 2.88 bits per heavy atom. The van der Waals surface area contributed by atoms with Gasteiger partial charge in [0.15, 0.2) is 16.7 Å². The summed E-state index contributed by atoms with van der Waals surface area (Å²) in [7, 11) is 0. The van der Waals surface area contributed by atoms with Crippen molar-refractivity contribution in [3.05, 3.63) is 52.3 Å². The van der Waals surface area contributed by atoms with Gasteiger partial charge in [0.25, 0.3) is 5.69 Å². The van der Waals surface area contributed by atoms with Gasteiger partial charge in [-0.25, -0.2) is 0 Å². The lowest BCUT2D eigenvalue weighted by molar-refractivity contribution is -0.384. The fraction of sp³-hybridized carbons (Fsp3) is 0.133. The first-order chi connectivity index (χ1) is 11.6. The summed E-state index contributed by atoms with van der Waals surface area (Å²) in [5, 5.41) is 28.9. The van der Waals surface area contributed by atoms with Gasteiger partial charge in [-0.2, -0.15) is 5.26 Å². The van der Waals surface area contributed by atoms with Crippen LogP contribution in [0.4, 0.5) is 5.69 Å². The van der Waals surface area contributed by atoms with E-state index >= 15 is 0 Å². The van der Waals surface area contributed by atoms with Crippen molar-refractivity contribution in [3.8, 4) is 17.7 Å². The highest BCUT2D eigenvalue weighted by atomic mass is 32.2. The van der Waals surface area contributed by atoms with Gasteiger partial charge < -0.3 is 4.42 Å². The SMILES string of the molecule is CCn1c(Sc2ccc([N+](=O)[O-])cc2C#N)nnc1-c1ccco1. The number of furan rings is 1. The number of rotatable bonds is 5. The summed E-state index contributed by atoms with van der Waals surface area (Å²) < 4.78 is 7.21. The van der Waals surface area contributed by atoms with Crippen LogP contribution in [0.25, 0.3) is 11.6 Å². The fourth-order valence-electron chi connectivity index (χ4n) is 2.14. The highest BCUT2D eigenvalue weighted by Gasteiger charge is 2.18. The maximum absolute atomic E-state index is 10.8. The van der Waals surface area contributed by atoms with E-state index in [0.717, 1.165) is 0 Å². The van der Waals surface area contributed by atoms with Gasteiger partial charge in [-0.15, -0.1) is 10.2 Å². The van der Waals surface area contributed by atoms with Crippen LogP contribution in [0.2, 0.25) is 0 Å². The maximum Gasteiger partial charge on any atom is 0.270 e. The second-order valence-electron chi connectivity index (χ2n) is 4.68. The van der Waals surface area contributed by atoms with Gasteiger partial charge in [0.2, 0.25) is 0 Å². The van der Waals surface area contributed by atoms with Crippen molar-refractivity contribution in [2.45, 2.75) is 23.5 Å². The molecule has 0 bridgehead atoms. The van der Waals surface area contributed by atoms with Gasteiger partial charge in [0.1, 0.15) is 6.07 Å². The van der Waals surface area contributed by atoms with Gasteiger partial charge in [-0.3, -0.25) is 14.7 Å². The zero-order chi connectivity index (χ0) is 17.1. The topological polar surface area (TPSA) is 111 Å². The first kappa shape index (κ1) is 15.8. The van der Waals surface area contributed by atoms with Crippen molar-refractivity contribution in [1.29, 1.82) is 5.26 Å². The Balaban J connectivity index is 1.98. The molecular formula is C15H11N5O3S. The average Bonchev–Trinajstić information content (AvgIpc) is 3.23. The Morgan fingerprint density at radius 1 is 1.42 bits per heavy atom. The second-order valence-corrected chi connectivity index (χ2v) is 5.69. The summed E-state index contributed by atoms with van der Waals surface area (Å²) in [5.41, 5.74) is 0.100. The van der Waals surface area contributed by atoms with E-state index < -0.39 is 4.92 Å². The molecule has 0 saturated carbocycles. The van der Waals surface area contributed by atoms with E-state index in [4.69, 9.17) is 4.42 Å². The Kier molecular flexibility index (Phi) is 4.31. The molecule has 120 valence electrons. The van der Waals surface area contributed by atoms with Gasteiger partial charge in [0.05, 0.1) is 16.7 Å². The lowest BCUT2D eigenvalue weighted by Crippen LogP contribution is -1.99. The maximum atomic E-state index is 10.8.